The summed E-state index contributed by atoms with van der Waals surface area (Å²) >= 11 is 5.98. The van der Waals surface area contributed by atoms with Crippen molar-refractivity contribution in [2.45, 2.75) is 13.0 Å². The van der Waals surface area contributed by atoms with Crippen LogP contribution in [-0.2, 0) is 4.79 Å². The Balaban J connectivity index is 1.81. The van der Waals surface area contributed by atoms with Crippen LogP contribution < -0.4 is 5.32 Å². The third kappa shape index (κ3) is 4.20. The zero-order valence-corrected chi connectivity index (χ0v) is 12.9. The summed E-state index contributed by atoms with van der Waals surface area (Å²) in [5.41, 5.74) is 1.10. The van der Waals surface area contributed by atoms with Crippen LogP contribution in [-0.4, -0.2) is 55.5 Å². The fourth-order valence-corrected chi connectivity index (χ4v) is 2.50. The van der Waals surface area contributed by atoms with E-state index in [1.807, 2.05) is 36.1 Å². The van der Waals surface area contributed by atoms with Crippen LogP contribution in [0.15, 0.2) is 24.3 Å². The maximum Gasteiger partial charge on any atom is 0.236 e. The molecular formula is C15H22ClN3O. The molecular weight excluding hydrogens is 274 g/mol. The fraction of sp³-hybridized carbons (Fsp3) is 0.533. The van der Waals surface area contributed by atoms with Crippen molar-refractivity contribution in [2.75, 3.05) is 39.8 Å². The Morgan fingerprint density at radius 1 is 1.35 bits per heavy atom. The fourth-order valence-electron chi connectivity index (χ4n) is 2.30. The molecule has 1 aromatic rings. The normalized spacial score (nSPS) is 18.1. The molecule has 1 N–H and O–H groups in total. The Hall–Kier alpha value is -1.10. The largest absolute Gasteiger partial charge is 0.339 e. The predicted octanol–water partition coefficient (Wildman–Crippen LogP) is 1.76. The van der Waals surface area contributed by atoms with Gasteiger partial charge in [0.15, 0.2) is 0 Å². The Labute approximate surface area is 125 Å². The summed E-state index contributed by atoms with van der Waals surface area (Å²) in [6.45, 7) is 5.97. The van der Waals surface area contributed by atoms with Crippen molar-refractivity contribution in [1.29, 1.82) is 0 Å². The zero-order valence-electron chi connectivity index (χ0n) is 12.1. The monoisotopic (exact) mass is 295 g/mol. The Morgan fingerprint density at radius 3 is 2.70 bits per heavy atom. The smallest absolute Gasteiger partial charge is 0.236 e. The summed E-state index contributed by atoms with van der Waals surface area (Å²) < 4.78 is 0. The summed E-state index contributed by atoms with van der Waals surface area (Å²) in [7, 11) is 2.08. The molecule has 20 heavy (non-hydrogen) atoms. The minimum atomic E-state index is 0.116. The highest BCUT2D eigenvalue weighted by Gasteiger charge is 2.19. The first-order valence-electron chi connectivity index (χ1n) is 7.01. The molecule has 110 valence electrons. The summed E-state index contributed by atoms with van der Waals surface area (Å²) in [6, 6.07) is 7.85. The highest BCUT2D eigenvalue weighted by molar-refractivity contribution is 6.30. The van der Waals surface area contributed by atoms with Gasteiger partial charge < -0.3 is 15.1 Å². The molecule has 1 heterocycles. The second kappa shape index (κ2) is 7.07. The van der Waals surface area contributed by atoms with Gasteiger partial charge in [-0.1, -0.05) is 23.7 Å². The first kappa shape index (κ1) is 15.3. The second-order valence-electron chi connectivity index (χ2n) is 5.34. The van der Waals surface area contributed by atoms with Crippen LogP contribution in [0.2, 0.25) is 5.02 Å². The maximum absolute atomic E-state index is 12.1. The Morgan fingerprint density at radius 2 is 2.05 bits per heavy atom. The van der Waals surface area contributed by atoms with E-state index in [1.165, 1.54) is 0 Å². The summed E-state index contributed by atoms with van der Waals surface area (Å²) in [5.74, 6) is 0.173. The molecule has 1 unspecified atom stereocenters. The van der Waals surface area contributed by atoms with E-state index in [1.54, 1.807) is 0 Å². The highest BCUT2D eigenvalue weighted by Crippen LogP contribution is 2.17. The molecule has 1 aromatic carbocycles. The van der Waals surface area contributed by atoms with Gasteiger partial charge in [0.25, 0.3) is 0 Å². The van der Waals surface area contributed by atoms with E-state index >= 15 is 0 Å². The number of hydrogen-bond donors (Lipinski definition) is 1. The number of benzene rings is 1. The van der Waals surface area contributed by atoms with Crippen LogP contribution in [0.4, 0.5) is 0 Å². The SMILES string of the molecule is CC(NCC(=O)N1CCN(C)CC1)c1cccc(Cl)c1. The van der Waals surface area contributed by atoms with Gasteiger partial charge in [-0.15, -0.1) is 0 Å². The number of nitrogens with one attached hydrogen (secondary N) is 1. The molecule has 0 bridgehead atoms. The molecule has 0 saturated carbocycles. The minimum Gasteiger partial charge on any atom is -0.339 e. The molecule has 2 rings (SSSR count). The van der Waals surface area contributed by atoms with Crippen molar-refractivity contribution in [3.8, 4) is 0 Å². The number of piperazine rings is 1. The zero-order chi connectivity index (χ0) is 14.5. The summed E-state index contributed by atoms with van der Waals surface area (Å²) in [6.07, 6.45) is 0. The molecule has 0 aromatic heterocycles. The first-order chi connectivity index (χ1) is 9.56. The number of rotatable bonds is 4. The summed E-state index contributed by atoms with van der Waals surface area (Å²) in [5, 5.41) is 3.99. The van der Waals surface area contributed by atoms with Crippen LogP contribution in [0.5, 0.6) is 0 Å². The van der Waals surface area contributed by atoms with Crippen LogP contribution >= 0.6 is 11.6 Å². The number of carbonyl (C=O) groups is 1. The van der Waals surface area contributed by atoms with Crippen LogP contribution in [0.25, 0.3) is 0 Å². The van der Waals surface area contributed by atoms with Crippen molar-refractivity contribution in [3.05, 3.63) is 34.9 Å². The van der Waals surface area contributed by atoms with Crippen molar-refractivity contribution in [1.82, 2.24) is 15.1 Å². The van der Waals surface area contributed by atoms with Crippen LogP contribution in [0, 0.1) is 0 Å². The average molecular weight is 296 g/mol. The van der Waals surface area contributed by atoms with Crippen molar-refractivity contribution in [2.24, 2.45) is 0 Å². The van der Waals surface area contributed by atoms with Gasteiger partial charge >= 0.3 is 0 Å². The lowest BCUT2D eigenvalue weighted by molar-refractivity contribution is -0.131. The molecule has 1 aliphatic heterocycles. The predicted molar refractivity (Wildman–Crippen MR) is 81.9 cm³/mol. The van der Waals surface area contributed by atoms with Gasteiger partial charge in [0.2, 0.25) is 5.91 Å². The molecule has 1 fully saturated rings. The van der Waals surface area contributed by atoms with Crippen LogP contribution in [0.1, 0.15) is 18.5 Å². The number of likely N-dealkylation sites (N-methyl/N-ethyl adjacent to an activating group) is 1. The van der Waals surface area contributed by atoms with Gasteiger partial charge in [-0.2, -0.15) is 0 Å². The van der Waals surface area contributed by atoms with E-state index in [-0.39, 0.29) is 11.9 Å². The Bertz CT molecular complexity index is 458. The number of hydrogen-bond acceptors (Lipinski definition) is 3. The average Bonchev–Trinajstić information content (AvgIpc) is 2.45. The molecule has 1 saturated heterocycles. The van der Waals surface area contributed by atoms with E-state index in [2.05, 4.69) is 17.3 Å². The molecule has 1 amide bonds. The lowest BCUT2D eigenvalue weighted by Crippen LogP contribution is -2.49. The van der Waals surface area contributed by atoms with Crippen molar-refractivity contribution < 1.29 is 4.79 Å². The van der Waals surface area contributed by atoms with Gasteiger partial charge in [-0.05, 0) is 31.7 Å². The van der Waals surface area contributed by atoms with Crippen molar-refractivity contribution >= 4 is 17.5 Å². The molecule has 0 radical (unpaired) electrons. The Kier molecular flexibility index (Phi) is 5.40. The minimum absolute atomic E-state index is 0.116. The second-order valence-corrected chi connectivity index (χ2v) is 5.78. The first-order valence-corrected chi connectivity index (χ1v) is 7.39. The van der Waals surface area contributed by atoms with Crippen molar-refractivity contribution in [3.63, 3.8) is 0 Å². The molecule has 0 spiro atoms. The maximum atomic E-state index is 12.1. The van der Waals surface area contributed by atoms with E-state index in [0.29, 0.717) is 6.54 Å². The number of carbonyl (C=O) groups excluding carboxylic acids is 1. The van der Waals surface area contributed by atoms with Gasteiger partial charge in [0, 0.05) is 37.2 Å². The number of nitrogens with zero attached hydrogens (tertiary/aromatic N) is 2. The van der Waals surface area contributed by atoms with Crippen LogP contribution in [0.3, 0.4) is 0 Å². The molecule has 1 aliphatic rings. The molecule has 4 nitrogen and oxygen atoms in total. The van der Waals surface area contributed by atoms with Gasteiger partial charge in [-0.25, -0.2) is 0 Å². The summed E-state index contributed by atoms with van der Waals surface area (Å²) in [4.78, 5) is 16.3. The number of halogens is 1. The third-order valence-electron chi connectivity index (χ3n) is 3.76. The lowest BCUT2D eigenvalue weighted by Gasteiger charge is -2.32. The van der Waals surface area contributed by atoms with E-state index < -0.39 is 0 Å². The van der Waals surface area contributed by atoms with Gasteiger partial charge in [-0.3, -0.25) is 4.79 Å². The molecule has 1 atom stereocenters. The van der Waals surface area contributed by atoms with E-state index in [4.69, 9.17) is 11.6 Å². The highest BCUT2D eigenvalue weighted by atomic mass is 35.5. The van der Waals surface area contributed by atoms with Gasteiger partial charge in [0.05, 0.1) is 6.54 Å². The lowest BCUT2D eigenvalue weighted by atomic mass is 10.1. The van der Waals surface area contributed by atoms with E-state index in [9.17, 15) is 4.79 Å². The number of amides is 1. The quantitative estimate of drug-likeness (QED) is 0.919. The molecule has 0 aliphatic carbocycles. The topological polar surface area (TPSA) is 35.6 Å². The molecule has 5 heteroatoms. The van der Waals surface area contributed by atoms with Gasteiger partial charge in [0.1, 0.15) is 0 Å². The standard InChI is InChI=1S/C15H22ClN3O/c1-12(13-4-3-5-14(16)10-13)17-11-15(20)19-8-6-18(2)7-9-19/h3-5,10,12,17H,6-9,11H2,1-2H3. The third-order valence-corrected chi connectivity index (χ3v) is 4.00. The van der Waals surface area contributed by atoms with E-state index in [0.717, 1.165) is 36.8 Å².